The van der Waals surface area contributed by atoms with Crippen molar-refractivity contribution in [2.45, 2.75) is 43.3 Å². The zero-order valence-corrected chi connectivity index (χ0v) is 14.5. The molecule has 1 aromatic rings. The van der Waals surface area contributed by atoms with Crippen molar-refractivity contribution in [2.24, 2.45) is 0 Å². The molecule has 2 saturated heterocycles. The summed E-state index contributed by atoms with van der Waals surface area (Å²) in [6, 6.07) is 4.46. The van der Waals surface area contributed by atoms with E-state index in [4.69, 9.17) is 0 Å². The molecule has 3 rings (SSSR count). The third kappa shape index (κ3) is 3.63. The van der Waals surface area contributed by atoms with E-state index in [1.54, 1.807) is 16.7 Å². The lowest BCUT2D eigenvalue weighted by Crippen LogP contribution is -2.50. The van der Waals surface area contributed by atoms with Crippen LogP contribution in [0.5, 0.6) is 0 Å². The van der Waals surface area contributed by atoms with Gasteiger partial charge in [0.2, 0.25) is 11.8 Å². The molecule has 2 amide bonds. The van der Waals surface area contributed by atoms with E-state index in [0.29, 0.717) is 25.1 Å². The summed E-state index contributed by atoms with van der Waals surface area (Å²) in [7, 11) is 0. The van der Waals surface area contributed by atoms with Gasteiger partial charge in [0.15, 0.2) is 0 Å². The van der Waals surface area contributed by atoms with Crippen LogP contribution in [0.3, 0.4) is 0 Å². The van der Waals surface area contributed by atoms with Gasteiger partial charge < -0.3 is 10.2 Å². The van der Waals surface area contributed by atoms with Gasteiger partial charge in [0.05, 0.1) is 10.4 Å². The topological polar surface area (TPSA) is 49.4 Å². The third-order valence-electron chi connectivity index (χ3n) is 4.74. The lowest BCUT2D eigenvalue weighted by molar-refractivity contribution is -0.138. The molecule has 2 atom stereocenters. The van der Waals surface area contributed by atoms with Crippen molar-refractivity contribution in [2.75, 3.05) is 12.3 Å². The highest BCUT2D eigenvalue weighted by atomic mass is 32.2. The molecule has 8 heteroatoms. The minimum atomic E-state index is -4.35. The van der Waals surface area contributed by atoms with Crippen LogP contribution in [0.2, 0.25) is 0 Å². The Morgan fingerprint density at radius 2 is 2.04 bits per heavy atom. The van der Waals surface area contributed by atoms with Gasteiger partial charge in [-0.15, -0.1) is 11.8 Å². The third-order valence-corrected chi connectivity index (χ3v) is 6.25. The number of carbonyl (C=O) groups excluding carboxylic acids is 2. The Labute approximate surface area is 148 Å². The summed E-state index contributed by atoms with van der Waals surface area (Å²) in [6.07, 6.45) is -2.68. The van der Waals surface area contributed by atoms with Gasteiger partial charge >= 0.3 is 6.18 Å². The minimum absolute atomic E-state index is 0.00962. The molecule has 0 aliphatic carbocycles. The zero-order chi connectivity index (χ0) is 18.2. The summed E-state index contributed by atoms with van der Waals surface area (Å²) in [5.41, 5.74) is 0.0336. The van der Waals surface area contributed by atoms with Crippen molar-refractivity contribution in [3.8, 4) is 0 Å². The molecule has 1 N–H and O–H groups in total. The fourth-order valence-electron chi connectivity index (χ4n) is 3.32. The van der Waals surface area contributed by atoms with Crippen LogP contribution in [0, 0.1) is 0 Å². The van der Waals surface area contributed by atoms with Crippen LogP contribution in [0.25, 0.3) is 0 Å². The SMILES string of the molecule is CC12CCC(=O)N1C(C(=O)NCCc1ccc(C(F)(F)F)cc1)CS2. The Morgan fingerprint density at radius 1 is 1.36 bits per heavy atom. The molecule has 25 heavy (non-hydrogen) atoms. The summed E-state index contributed by atoms with van der Waals surface area (Å²) in [5.74, 6) is 0.391. The maximum absolute atomic E-state index is 12.5. The molecule has 0 saturated carbocycles. The summed E-state index contributed by atoms with van der Waals surface area (Å²) in [4.78, 5) is 25.8. The summed E-state index contributed by atoms with van der Waals surface area (Å²) in [6.45, 7) is 2.31. The molecule has 0 spiro atoms. The number of alkyl halides is 3. The van der Waals surface area contributed by atoms with Crippen LogP contribution in [-0.2, 0) is 22.2 Å². The number of hydrogen-bond donors (Lipinski definition) is 1. The van der Waals surface area contributed by atoms with Gasteiger partial charge in [0, 0.05) is 18.7 Å². The van der Waals surface area contributed by atoms with Crippen molar-refractivity contribution in [3.63, 3.8) is 0 Å². The average Bonchev–Trinajstić information content (AvgIpc) is 3.04. The molecule has 2 aliphatic rings. The molecule has 1 aromatic carbocycles. The first-order valence-electron chi connectivity index (χ1n) is 8.11. The normalized spacial score (nSPS) is 26.0. The quantitative estimate of drug-likeness (QED) is 0.884. The van der Waals surface area contributed by atoms with E-state index in [-0.39, 0.29) is 16.7 Å². The van der Waals surface area contributed by atoms with Crippen LogP contribution < -0.4 is 5.32 Å². The standard InChI is InChI=1S/C17H19F3N2O2S/c1-16-8-6-14(23)22(16)13(10-25-16)15(24)21-9-7-11-2-4-12(5-3-11)17(18,19)20/h2-5,13H,6-10H2,1H3,(H,21,24). The van der Waals surface area contributed by atoms with Crippen molar-refractivity contribution in [1.29, 1.82) is 0 Å². The highest BCUT2D eigenvalue weighted by molar-refractivity contribution is 8.01. The van der Waals surface area contributed by atoms with Crippen LogP contribution in [0.4, 0.5) is 13.2 Å². The first-order chi connectivity index (χ1) is 11.7. The number of hydrogen-bond acceptors (Lipinski definition) is 3. The highest BCUT2D eigenvalue weighted by Crippen LogP contribution is 2.47. The van der Waals surface area contributed by atoms with Gasteiger partial charge in [0.1, 0.15) is 6.04 Å². The predicted octanol–water partition coefficient (Wildman–Crippen LogP) is 2.82. The number of carbonyl (C=O) groups is 2. The lowest BCUT2D eigenvalue weighted by atomic mass is 10.1. The molecule has 136 valence electrons. The molecule has 0 radical (unpaired) electrons. The van der Waals surface area contributed by atoms with E-state index in [9.17, 15) is 22.8 Å². The maximum Gasteiger partial charge on any atom is 0.416 e. The Balaban J connectivity index is 1.52. The van der Waals surface area contributed by atoms with Crippen molar-refractivity contribution >= 4 is 23.6 Å². The second kappa shape index (κ2) is 6.55. The van der Waals surface area contributed by atoms with Crippen LogP contribution in [0.15, 0.2) is 24.3 Å². The van der Waals surface area contributed by atoms with Crippen LogP contribution in [-0.4, -0.2) is 39.9 Å². The average molecular weight is 372 g/mol. The van der Waals surface area contributed by atoms with Crippen molar-refractivity contribution in [3.05, 3.63) is 35.4 Å². The Kier molecular flexibility index (Phi) is 4.74. The largest absolute Gasteiger partial charge is 0.416 e. The fraction of sp³-hybridized carbons (Fsp3) is 0.529. The Hall–Kier alpha value is -1.70. The fourth-order valence-corrected chi connectivity index (χ4v) is 4.75. The van der Waals surface area contributed by atoms with E-state index < -0.39 is 17.8 Å². The zero-order valence-electron chi connectivity index (χ0n) is 13.7. The number of fused-ring (bicyclic) bond motifs is 1. The second-order valence-electron chi connectivity index (χ2n) is 6.50. The van der Waals surface area contributed by atoms with Gasteiger partial charge in [-0.05, 0) is 37.5 Å². The van der Waals surface area contributed by atoms with Gasteiger partial charge in [-0.3, -0.25) is 9.59 Å². The molecule has 0 bridgehead atoms. The second-order valence-corrected chi connectivity index (χ2v) is 8.00. The molecule has 2 unspecified atom stereocenters. The number of rotatable bonds is 4. The molecular weight excluding hydrogens is 353 g/mol. The number of benzene rings is 1. The first-order valence-corrected chi connectivity index (χ1v) is 9.09. The molecular formula is C17H19F3N2O2S. The Bertz CT molecular complexity index is 677. The smallest absolute Gasteiger partial charge is 0.354 e. The lowest BCUT2D eigenvalue weighted by Gasteiger charge is -2.29. The summed E-state index contributed by atoms with van der Waals surface area (Å²) >= 11 is 1.63. The number of thioether (sulfide) groups is 1. The Morgan fingerprint density at radius 3 is 2.68 bits per heavy atom. The van der Waals surface area contributed by atoms with Crippen molar-refractivity contribution in [1.82, 2.24) is 10.2 Å². The minimum Gasteiger partial charge on any atom is -0.354 e. The van der Waals surface area contributed by atoms with E-state index in [0.717, 1.165) is 24.1 Å². The van der Waals surface area contributed by atoms with Gasteiger partial charge in [0.25, 0.3) is 0 Å². The van der Waals surface area contributed by atoms with Gasteiger partial charge in [-0.1, -0.05) is 12.1 Å². The highest BCUT2D eigenvalue weighted by Gasteiger charge is 2.52. The van der Waals surface area contributed by atoms with Crippen molar-refractivity contribution < 1.29 is 22.8 Å². The number of halogens is 3. The molecule has 2 fully saturated rings. The monoisotopic (exact) mass is 372 g/mol. The maximum atomic E-state index is 12.5. The van der Waals surface area contributed by atoms with E-state index in [1.165, 1.54) is 12.1 Å². The van der Waals surface area contributed by atoms with Gasteiger partial charge in [-0.2, -0.15) is 13.2 Å². The van der Waals surface area contributed by atoms with Crippen LogP contribution >= 0.6 is 11.8 Å². The summed E-state index contributed by atoms with van der Waals surface area (Å²) in [5, 5.41) is 2.80. The van der Waals surface area contributed by atoms with Crippen LogP contribution in [0.1, 0.15) is 30.9 Å². The number of nitrogens with zero attached hydrogens (tertiary/aromatic N) is 1. The number of amides is 2. The molecule has 2 heterocycles. The van der Waals surface area contributed by atoms with E-state index >= 15 is 0 Å². The summed E-state index contributed by atoms with van der Waals surface area (Å²) < 4.78 is 37.6. The van der Waals surface area contributed by atoms with E-state index in [2.05, 4.69) is 5.32 Å². The molecule has 4 nitrogen and oxygen atoms in total. The predicted molar refractivity (Wildman–Crippen MR) is 88.9 cm³/mol. The molecule has 2 aliphatic heterocycles. The van der Waals surface area contributed by atoms with Gasteiger partial charge in [-0.25, -0.2) is 0 Å². The number of nitrogens with one attached hydrogen (secondary N) is 1. The van der Waals surface area contributed by atoms with E-state index in [1.807, 2.05) is 6.92 Å². The molecule has 0 aromatic heterocycles. The first kappa shape index (κ1) is 18.1.